The Labute approximate surface area is 151 Å². The molecule has 7 heteroatoms. The zero-order chi connectivity index (χ0) is 18.1. The second kappa shape index (κ2) is 6.85. The summed E-state index contributed by atoms with van der Waals surface area (Å²) in [6, 6.07) is 7.64. The van der Waals surface area contributed by atoms with E-state index in [1.165, 1.54) is 11.8 Å². The van der Waals surface area contributed by atoms with E-state index in [1.54, 1.807) is 20.4 Å². The summed E-state index contributed by atoms with van der Waals surface area (Å²) in [6.45, 7) is 3.95. The number of nitrogens with zero attached hydrogens (tertiary/aromatic N) is 2. The third kappa shape index (κ3) is 3.01. The summed E-state index contributed by atoms with van der Waals surface area (Å²) in [5, 5.41) is 0. The molecule has 0 saturated carbocycles. The van der Waals surface area contributed by atoms with Crippen LogP contribution in [0.15, 0.2) is 36.3 Å². The van der Waals surface area contributed by atoms with Crippen molar-refractivity contribution >= 4 is 22.4 Å². The monoisotopic (exact) mass is 358 g/mol. The molecule has 0 aliphatic carbocycles. The third-order valence-electron chi connectivity index (χ3n) is 4.20. The number of thioether (sulfide) groups is 1. The molecule has 3 rings (SSSR count). The first-order valence-electron chi connectivity index (χ1n) is 7.83. The molecular weight excluding hydrogens is 336 g/mol. The number of hydrogen-bond donors (Lipinski definition) is 2. The van der Waals surface area contributed by atoms with Crippen LogP contribution in [0, 0.1) is 13.8 Å². The number of hydrogen-bond acceptors (Lipinski definition) is 7. The maximum absolute atomic E-state index is 6.44. The number of rotatable bonds is 4. The number of ether oxygens (including phenoxy) is 2. The fraction of sp³-hybridized carbons (Fsp3) is 0.278. The van der Waals surface area contributed by atoms with Gasteiger partial charge in [0.05, 0.1) is 24.8 Å². The third-order valence-corrected chi connectivity index (χ3v) is 5.29. The largest absolute Gasteiger partial charge is 0.497 e. The molecule has 0 fully saturated rings. The molecule has 1 aliphatic heterocycles. The minimum absolute atomic E-state index is 0.322. The van der Waals surface area contributed by atoms with Gasteiger partial charge in [-0.05, 0) is 38.1 Å². The molecule has 0 spiro atoms. The smallest absolute Gasteiger partial charge is 0.136 e. The number of pyridine rings is 1. The average Bonchev–Trinajstić information content (AvgIpc) is 2.90. The van der Waals surface area contributed by atoms with Crippen LogP contribution in [0.3, 0.4) is 0 Å². The highest BCUT2D eigenvalue weighted by atomic mass is 32.2. The van der Waals surface area contributed by atoms with Gasteiger partial charge in [0.1, 0.15) is 22.8 Å². The van der Waals surface area contributed by atoms with Gasteiger partial charge >= 0.3 is 0 Å². The van der Waals surface area contributed by atoms with E-state index in [4.69, 9.17) is 20.9 Å². The molecule has 0 bridgehead atoms. The molecule has 2 heterocycles. The normalized spacial score (nSPS) is 17.2. The lowest BCUT2D eigenvalue weighted by atomic mass is 10.1. The fourth-order valence-corrected chi connectivity index (χ4v) is 4.07. The van der Waals surface area contributed by atoms with Crippen molar-refractivity contribution in [2.24, 2.45) is 11.5 Å². The molecule has 4 N–H and O–H groups in total. The second-order valence-electron chi connectivity index (χ2n) is 5.74. The predicted octanol–water partition coefficient (Wildman–Crippen LogP) is 2.80. The number of aromatic nitrogens is 1. The van der Waals surface area contributed by atoms with Gasteiger partial charge in [0, 0.05) is 23.0 Å². The van der Waals surface area contributed by atoms with Gasteiger partial charge in [0.2, 0.25) is 0 Å². The highest BCUT2D eigenvalue weighted by Gasteiger charge is 2.32. The highest BCUT2D eigenvalue weighted by molar-refractivity contribution is 8.09. The molecule has 0 saturated heterocycles. The molecule has 25 heavy (non-hydrogen) atoms. The van der Waals surface area contributed by atoms with Crippen molar-refractivity contribution in [3.8, 4) is 11.5 Å². The average molecular weight is 358 g/mol. The van der Waals surface area contributed by atoms with E-state index in [1.807, 2.05) is 43.0 Å². The highest BCUT2D eigenvalue weighted by Crippen LogP contribution is 2.44. The van der Waals surface area contributed by atoms with Crippen LogP contribution in [-0.4, -0.2) is 24.7 Å². The van der Waals surface area contributed by atoms with E-state index in [2.05, 4.69) is 4.98 Å². The topological polar surface area (TPSA) is 86.6 Å². The van der Waals surface area contributed by atoms with E-state index in [-0.39, 0.29) is 5.50 Å². The minimum Gasteiger partial charge on any atom is -0.497 e. The molecular formula is C18H22N4O2S. The zero-order valence-electron chi connectivity index (χ0n) is 14.7. The molecule has 1 aromatic carbocycles. The van der Waals surface area contributed by atoms with Crippen molar-refractivity contribution in [2.45, 2.75) is 19.3 Å². The van der Waals surface area contributed by atoms with Crippen molar-refractivity contribution in [3.05, 3.63) is 53.1 Å². The number of anilines is 1. The Morgan fingerprint density at radius 3 is 2.40 bits per heavy atom. The summed E-state index contributed by atoms with van der Waals surface area (Å²) < 4.78 is 10.7. The standard InChI is InChI=1S/C18H22N4O2S/c1-10-9-21-14(11(2)15(10)24-4)16-17(19)22(18(20)25-16)12-5-7-13(23-3)8-6-12/h5-9,18H,19-20H2,1-4H3. The van der Waals surface area contributed by atoms with Crippen LogP contribution < -0.4 is 25.8 Å². The quantitative estimate of drug-likeness (QED) is 0.869. The Hall–Kier alpha value is -2.38. The van der Waals surface area contributed by atoms with Gasteiger partial charge in [0.15, 0.2) is 0 Å². The van der Waals surface area contributed by atoms with Crippen molar-refractivity contribution in [3.63, 3.8) is 0 Å². The zero-order valence-corrected chi connectivity index (χ0v) is 15.6. The summed E-state index contributed by atoms with van der Waals surface area (Å²) in [6.07, 6.45) is 1.80. The lowest BCUT2D eigenvalue weighted by molar-refractivity contribution is 0.407. The SMILES string of the molecule is COc1ccc(N2C(N)=C(c3ncc(C)c(OC)c3C)SC2N)cc1. The van der Waals surface area contributed by atoms with Gasteiger partial charge in [-0.2, -0.15) is 0 Å². The van der Waals surface area contributed by atoms with Crippen LogP contribution in [0.1, 0.15) is 16.8 Å². The second-order valence-corrected chi connectivity index (χ2v) is 6.87. The predicted molar refractivity (Wildman–Crippen MR) is 102 cm³/mol. The number of methoxy groups -OCH3 is 2. The molecule has 6 nitrogen and oxygen atoms in total. The molecule has 1 atom stereocenters. The van der Waals surface area contributed by atoms with E-state index >= 15 is 0 Å². The molecule has 1 aliphatic rings. The van der Waals surface area contributed by atoms with Gasteiger partial charge < -0.3 is 25.8 Å². The Kier molecular flexibility index (Phi) is 4.78. The van der Waals surface area contributed by atoms with Crippen LogP contribution in [0.5, 0.6) is 11.5 Å². The van der Waals surface area contributed by atoms with Crippen LogP contribution in [0.25, 0.3) is 4.91 Å². The summed E-state index contributed by atoms with van der Waals surface area (Å²) in [7, 11) is 3.30. The van der Waals surface area contributed by atoms with Crippen LogP contribution in [0.4, 0.5) is 5.69 Å². The molecule has 0 radical (unpaired) electrons. The Balaban J connectivity index is 2.04. The van der Waals surface area contributed by atoms with Crippen LogP contribution in [-0.2, 0) is 0 Å². The van der Waals surface area contributed by atoms with Crippen molar-refractivity contribution < 1.29 is 9.47 Å². The minimum atomic E-state index is -0.322. The van der Waals surface area contributed by atoms with E-state index in [0.29, 0.717) is 5.82 Å². The molecule has 1 unspecified atom stereocenters. The fourth-order valence-electron chi connectivity index (χ4n) is 2.95. The van der Waals surface area contributed by atoms with Crippen molar-refractivity contribution in [2.75, 3.05) is 19.1 Å². The van der Waals surface area contributed by atoms with Crippen LogP contribution >= 0.6 is 11.8 Å². The summed E-state index contributed by atoms with van der Waals surface area (Å²) in [4.78, 5) is 7.32. The first-order chi connectivity index (χ1) is 12.0. The van der Waals surface area contributed by atoms with E-state index < -0.39 is 0 Å². The first kappa shape index (κ1) is 17.4. The molecule has 1 aromatic heterocycles. The molecule has 132 valence electrons. The molecule has 0 amide bonds. The Bertz CT molecular complexity index is 821. The lowest BCUT2D eigenvalue weighted by Gasteiger charge is -2.24. The Morgan fingerprint density at radius 2 is 1.80 bits per heavy atom. The number of nitrogens with two attached hydrogens (primary N) is 2. The van der Waals surface area contributed by atoms with E-state index in [9.17, 15) is 0 Å². The maximum atomic E-state index is 6.44. The maximum Gasteiger partial charge on any atom is 0.136 e. The summed E-state index contributed by atoms with van der Waals surface area (Å²) in [5.74, 6) is 2.19. The van der Waals surface area contributed by atoms with Gasteiger partial charge in [0.25, 0.3) is 0 Å². The first-order valence-corrected chi connectivity index (χ1v) is 8.71. The van der Waals surface area contributed by atoms with Crippen molar-refractivity contribution in [1.82, 2.24) is 4.98 Å². The molecule has 2 aromatic rings. The lowest BCUT2D eigenvalue weighted by Crippen LogP contribution is -2.37. The van der Waals surface area contributed by atoms with Gasteiger partial charge in [-0.15, -0.1) is 0 Å². The Morgan fingerprint density at radius 1 is 1.12 bits per heavy atom. The van der Waals surface area contributed by atoms with Gasteiger partial charge in [-0.1, -0.05) is 11.8 Å². The van der Waals surface area contributed by atoms with Gasteiger partial charge in [-0.3, -0.25) is 4.98 Å². The van der Waals surface area contributed by atoms with Gasteiger partial charge in [-0.25, -0.2) is 0 Å². The van der Waals surface area contributed by atoms with E-state index in [0.717, 1.165) is 38.9 Å². The summed E-state index contributed by atoms with van der Waals surface area (Å²) in [5.41, 5.74) is 16.1. The van der Waals surface area contributed by atoms with Crippen molar-refractivity contribution in [1.29, 1.82) is 0 Å². The number of aryl methyl sites for hydroxylation is 1. The van der Waals surface area contributed by atoms with Crippen LogP contribution in [0.2, 0.25) is 0 Å². The summed E-state index contributed by atoms with van der Waals surface area (Å²) >= 11 is 1.49. The number of benzene rings is 1.